The Hall–Kier alpha value is -0.540. The predicted octanol–water partition coefficient (Wildman–Crippen LogP) is 3.62. The van der Waals surface area contributed by atoms with Gasteiger partial charge in [-0.1, -0.05) is 36.7 Å². The van der Waals surface area contributed by atoms with Gasteiger partial charge in [-0.05, 0) is 48.1 Å². The average Bonchev–Trinajstić information content (AvgIpc) is 2.31. The maximum absolute atomic E-state index is 5.93. The zero-order valence-electron chi connectivity index (χ0n) is 11.1. The molecule has 96 valence electrons. The van der Waals surface area contributed by atoms with E-state index in [9.17, 15) is 0 Å². The van der Waals surface area contributed by atoms with Crippen LogP contribution in [-0.4, -0.2) is 13.7 Å². The normalized spacial score (nSPS) is 14.8. The van der Waals surface area contributed by atoms with Crippen LogP contribution in [0.4, 0.5) is 0 Å². The molecule has 1 unspecified atom stereocenters. The summed E-state index contributed by atoms with van der Waals surface area (Å²) in [4.78, 5) is 0. The Kier molecular flexibility index (Phi) is 5.02. The van der Waals surface area contributed by atoms with Crippen molar-refractivity contribution < 1.29 is 4.74 Å². The monoisotopic (exact) mass is 299 g/mol. The summed E-state index contributed by atoms with van der Waals surface area (Å²) in [6.07, 6.45) is 0.957. The molecule has 0 fully saturated rings. The van der Waals surface area contributed by atoms with Crippen molar-refractivity contribution in [3.05, 3.63) is 28.2 Å². The van der Waals surface area contributed by atoms with Gasteiger partial charge in [0.2, 0.25) is 0 Å². The Morgan fingerprint density at radius 1 is 1.41 bits per heavy atom. The molecule has 0 bridgehead atoms. The molecule has 0 amide bonds. The standard InChI is InChI=1S/C14H22BrNO/c1-10(2)14(3,9-16)8-11-7-12(17-4)5-6-13(11)15/h5-7,10H,8-9,16H2,1-4H3. The van der Waals surface area contributed by atoms with Crippen LogP contribution >= 0.6 is 15.9 Å². The summed E-state index contributed by atoms with van der Waals surface area (Å²) >= 11 is 3.59. The van der Waals surface area contributed by atoms with Gasteiger partial charge in [0.05, 0.1) is 7.11 Å². The number of hydrogen-bond donors (Lipinski definition) is 1. The number of methoxy groups -OCH3 is 1. The lowest BCUT2D eigenvalue weighted by Gasteiger charge is -2.33. The maximum Gasteiger partial charge on any atom is 0.119 e. The second-order valence-corrected chi connectivity index (χ2v) is 6.00. The Balaban J connectivity index is 3.00. The van der Waals surface area contributed by atoms with Crippen LogP contribution in [0.2, 0.25) is 0 Å². The van der Waals surface area contributed by atoms with E-state index in [0.717, 1.165) is 16.6 Å². The van der Waals surface area contributed by atoms with Crippen molar-refractivity contribution in [3.8, 4) is 5.75 Å². The lowest BCUT2D eigenvalue weighted by atomic mass is 9.74. The van der Waals surface area contributed by atoms with Crippen LogP contribution in [0.3, 0.4) is 0 Å². The molecule has 1 atom stereocenters. The van der Waals surface area contributed by atoms with Crippen LogP contribution in [0, 0.1) is 11.3 Å². The number of benzene rings is 1. The van der Waals surface area contributed by atoms with Gasteiger partial charge in [-0.2, -0.15) is 0 Å². The summed E-state index contributed by atoms with van der Waals surface area (Å²) in [5.74, 6) is 1.44. The van der Waals surface area contributed by atoms with Crippen molar-refractivity contribution in [3.63, 3.8) is 0 Å². The molecular weight excluding hydrogens is 278 g/mol. The van der Waals surface area contributed by atoms with Gasteiger partial charge in [0.15, 0.2) is 0 Å². The average molecular weight is 300 g/mol. The molecule has 0 radical (unpaired) electrons. The quantitative estimate of drug-likeness (QED) is 0.901. The molecule has 0 aliphatic rings. The van der Waals surface area contributed by atoms with Crippen molar-refractivity contribution in [1.82, 2.24) is 0 Å². The van der Waals surface area contributed by atoms with Gasteiger partial charge in [-0.25, -0.2) is 0 Å². The van der Waals surface area contributed by atoms with Gasteiger partial charge in [-0.15, -0.1) is 0 Å². The molecule has 3 heteroatoms. The first-order valence-corrected chi connectivity index (χ1v) is 6.74. The number of halogens is 1. The zero-order chi connectivity index (χ0) is 13.1. The third-order valence-electron chi connectivity index (χ3n) is 3.71. The minimum atomic E-state index is 0.120. The van der Waals surface area contributed by atoms with Gasteiger partial charge in [0, 0.05) is 4.47 Å². The fraction of sp³-hybridized carbons (Fsp3) is 0.571. The molecule has 0 spiro atoms. The van der Waals surface area contributed by atoms with E-state index in [-0.39, 0.29) is 5.41 Å². The van der Waals surface area contributed by atoms with E-state index in [4.69, 9.17) is 10.5 Å². The fourth-order valence-electron chi connectivity index (χ4n) is 1.76. The highest BCUT2D eigenvalue weighted by atomic mass is 79.9. The van der Waals surface area contributed by atoms with E-state index >= 15 is 0 Å². The van der Waals surface area contributed by atoms with Gasteiger partial charge >= 0.3 is 0 Å². The molecule has 0 aliphatic carbocycles. The highest BCUT2D eigenvalue weighted by Crippen LogP contribution is 2.34. The van der Waals surface area contributed by atoms with Crippen molar-refractivity contribution in [2.45, 2.75) is 27.2 Å². The van der Waals surface area contributed by atoms with Crippen molar-refractivity contribution >= 4 is 15.9 Å². The Labute approximate surface area is 113 Å². The number of ether oxygens (including phenoxy) is 1. The number of rotatable bonds is 5. The molecule has 2 nitrogen and oxygen atoms in total. The smallest absolute Gasteiger partial charge is 0.119 e. The van der Waals surface area contributed by atoms with Crippen molar-refractivity contribution in [1.29, 1.82) is 0 Å². The Bertz CT molecular complexity index is 378. The Morgan fingerprint density at radius 2 is 2.06 bits per heavy atom. The summed E-state index contributed by atoms with van der Waals surface area (Å²) in [6, 6.07) is 6.08. The van der Waals surface area contributed by atoms with Crippen molar-refractivity contribution in [2.24, 2.45) is 17.1 Å². The van der Waals surface area contributed by atoms with Gasteiger partial charge < -0.3 is 10.5 Å². The minimum absolute atomic E-state index is 0.120. The molecule has 1 aromatic carbocycles. The fourth-order valence-corrected chi connectivity index (χ4v) is 2.15. The summed E-state index contributed by atoms with van der Waals surface area (Å²) in [7, 11) is 1.69. The zero-order valence-corrected chi connectivity index (χ0v) is 12.7. The van der Waals surface area contributed by atoms with E-state index in [1.165, 1.54) is 5.56 Å². The van der Waals surface area contributed by atoms with Crippen LogP contribution in [0.15, 0.2) is 22.7 Å². The SMILES string of the molecule is COc1ccc(Br)c(CC(C)(CN)C(C)C)c1. The molecule has 0 aliphatic heterocycles. The molecule has 0 saturated heterocycles. The lowest BCUT2D eigenvalue weighted by molar-refractivity contribution is 0.227. The van der Waals surface area contributed by atoms with Gasteiger partial charge in [-0.3, -0.25) is 0 Å². The molecule has 0 heterocycles. The van der Waals surface area contributed by atoms with E-state index < -0.39 is 0 Å². The molecule has 17 heavy (non-hydrogen) atoms. The highest BCUT2D eigenvalue weighted by molar-refractivity contribution is 9.10. The third kappa shape index (κ3) is 3.46. The predicted molar refractivity (Wildman–Crippen MR) is 76.4 cm³/mol. The Morgan fingerprint density at radius 3 is 2.53 bits per heavy atom. The van der Waals surface area contributed by atoms with Gasteiger partial charge in [0.1, 0.15) is 5.75 Å². The first-order chi connectivity index (χ1) is 7.92. The molecule has 1 rings (SSSR count). The minimum Gasteiger partial charge on any atom is -0.497 e. The van der Waals surface area contributed by atoms with E-state index in [1.807, 2.05) is 12.1 Å². The van der Waals surface area contributed by atoms with E-state index in [0.29, 0.717) is 12.5 Å². The first kappa shape index (κ1) is 14.5. The summed E-state index contributed by atoms with van der Waals surface area (Å²) in [5.41, 5.74) is 7.31. The first-order valence-electron chi connectivity index (χ1n) is 5.95. The van der Waals surface area contributed by atoms with Gasteiger partial charge in [0.25, 0.3) is 0 Å². The topological polar surface area (TPSA) is 35.2 Å². The lowest BCUT2D eigenvalue weighted by Crippen LogP contribution is -2.34. The molecule has 0 aromatic heterocycles. The largest absolute Gasteiger partial charge is 0.497 e. The highest BCUT2D eigenvalue weighted by Gasteiger charge is 2.27. The van der Waals surface area contributed by atoms with Crippen LogP contribution in [0.1, 0.15) is 26.3 Å². The van der Waals surface area contributed by atoms with Crippen molar-refractivity contribution in [2.75, 3.05) is 13.7 Å². The molecule has 2 N–H and O–H groups in total. The van der Waals surface area contributed by atoms with E-state index in [2.05, 4.69) is 42.8 Å². The van der Waals surface area contributed by atoms with Crippen LogP contribution in [0.25, 0.3) is 0 Å². The van der Waals surface area contributed by atoms with Crippen LogP contribution < -0.4 is 10.5 Å². The third-order valence-corrected chi connectivity index (χ3v) is 4.48. The summed E-state index contributed by atoms with van der Waals surface area (Å²) < 4.78 is 6.39. The second-order valence-electron chi connectivity index (χ2n) is 5.15. The second kappa shape index (κ2) is 5.87. The molecular formula is C14H22BrNO. The molecule has 1 aromatic rings. The van der Waals surface area contributed by atoms with E-state index in [1.54, 1.807) is 7.11 Å². The molecule has 0 saturated carbocycles. The summed E-state index contributed by atoms with van der Waals surface area (Å²) in [5, 5.41) is 0. The number of nitrogens with two attached hydrogens (primary N) is 1. The van der Waals surface area contributed by atoms with Crippen LogP contribution in [-0.2, 0) is 6.42 Å². The summed E-state index contributed by atoms with van der Waals surface area (Å²) in [6.45, 7) is 7.37. The van der Waals surface area contributed by atoms with Crippen LogP contribution in [0.5, 0.6) is 5.75 Å². The maximum atomic E-state index is 5.93. The number of hydrogen-bond acceptors (Lipinski definition) is 2.